The summed E-state index contributed by atoms with van der Waals surface area (Å²) in [5.74, 6) is 0.207. The zero-order valence-electron chi connectivity index (χ0n) is 14.0. The van der Waals surface area contributed by atoms with E-state index in [0.29, 0.717) is 22.5 Å². The van der Waals surface area contributed by atoms with Gasteiger partial charge >= 0.3 is 5.97 Å². The lowest BCUT2D eigenvalue weighted by molar-refractivity contribution is 0.0599. The fraction of sp³-hybridized carbons (Fsp3) is 0.412. The van der Waals surface area contributed by atoms with Crippen LogP contribution in [0.4, 0.5) is 0 Å². The third-order valence-electron chi connectivity index (χ3n) is 3.94. The van der Waals surface area contributed by atoms with Crippen molar-refractivity contribution in [2.24, 2.45) is 0 Å². The summed E-state index contributed by atoms with van der Waals surface area (Å²) in [6.45, 7) is 7.20. The van der Waals surface area contributed by atoms with Crippen LogP contribution in [0.25, 0.3) is 0 Å². The number of ether oxygens (including phenoxy) is 1. The Bertz CT molecular complexity index is 701. The van der Waals surface area contributed by atoms with Crippen LogP contribution in [0.3, 0.4) is 0 Å². The number of carbonyl (C=O) groups excluding carboxylic acids is 2. The first kappa shape index (κ1) is 17.0. The standard InChI is InChI=1S/C17H22N2O4/c1-9-14(17(21)22-5)11(3)19-15(9)16(20)12(4)18-10(2)13-7-6-8-23-13/h6-8,10,12,18-19H,1-5H3/t10-,12-/m0/s1. The quantitative estimate of drug-likeness (QED) is 0.632. The van der Waals surface area contributed by atoms with Gasteiger partial charge in [-0.3, -0.25) is 10.1 Å². The molecule has 2 atom stereocenters. The second kappa shape index (κ2) is 6.83. The molecule has 0 fully saturated rings. The first-order valence-electron chi connectivity index (χ1n) is 7.48. The number of aromatic amines is 1. The average molecular weight is 318 g/mol. The minimum Gasteiger partial charge on any atom is -0.468 e. The molecular weight excluding hydrogens is 296 g/mol. The third kappa shape index (κ3) is 3.37. The van der Waals surface area contributed by atoms with Crippen LogP contribution < -0.4 is 5.32 Å². The lowest BCUT2D eigenvalue weighted by atomic mass is 10.0. The molecule has 0 radical (unpaired) electrons. The van der Waals surface area contributed by atoms with Gasteiger partial charge < -0.3 is 14.1 Å². The maximum absolute atomic E-state index is 12.7. The fourth-order valence-electron chi connectivity index (χ4n) is 2.69. The van der Waals surface area contributed by atoms with Crippen LogP contribution in [0, 0.1) is 13.8 Å². The number of rotatable bonds is 6. The summed E-state index contributed by atoms with van der Waals surface area (Å²) in [5.41, 5.74) is 2.08. The summed E-state index contributed by atoms with van der Waals surface area (Å²) in [6.07, 6.45) is 1.60. The van der Waals surface area contributed by atoms with E-state index < -0.39 is 12.0 Å². The second-order valence-electron chi connectivity index (χ2n) is 5.61. The number of carbonyl (C=O) groups is 2. The molecule has 6 heteroatoms. The maximum Gasteiger partial charge on any atom is 0.339 e. The zero-order valence-corrected chi connectivity index (χ0v) is 14.0. The van der Waals surface area contributed by atoms with Gasteiger partial charge in [-0.25, -0.2) is 4.79 Å². The number of hydrogen-bond acceptors (Lipinski definition) is 5. The second-order valence-corrected chi connectivity index (χ2v) is 5.61. The Balaban J connectivity index is 2.18. The lowest BCUT2D eigenvalue weighted by Crippen LogP contribution is -2.36. The van der Waals surface area contributed by atoms with Gasteiger partial charge in [-0.2, -0.15) is 0 Å². The van der Waals surface area contributed by atoms with Crippen LogP contribution in [0.1, 0.15) is 57.8 Å². The van der Waals surface area contributed by atoms with Crippen LogP contribution in [0.2, 0.25) is 0 Å². The van der Waals surface area contributed by atoms with E-state index in [0.717, 1.165) is 5.76 Å². The molecule has 0 saturated carbocycles. The molecule has 0 amide bonds. The molecule has 124 valence electrons. The molecule has 2 aromatic rings. The Hall–Kier alpha value is -2.34. The van der Waals surface area contributed by atoms with Gasteiger partial charge in [0, 0.05) is 5.69 Å². The SMILES string of the molecule is COC(=O)c1c(C)[nH]c(C(=O)[C@H](C)N[C@@H](C)c2ccco2)c1C. The van der Waals surface area contributed by atoms with Crippen molar-refractivity contribution in [2.45, 2.75) is 39.8 Å². The Morgan fingerprint density at radius 1 is 1.30 bits per heavy atom. The van der Waals surface area contributed by atoms with Gasteiger partial charge in [0.1, 0.15) is 5.76 Å². The van der Waals surface area contributed by atoms with Crippen LogP contribution in [0.5, 0.6) is 0 Å². The minimum atomic E-state index is -0.445. The highest BCUT2D eigenvalue weighted by Gasteiger charge is 2.26. The first-order chi connectivity index (χ1) is 10.9. The molecule has 2 heterocycles. The van der Waals surface area contributed by atoms with Gasteiger partial charge in [-0.15, -0.1) is 0 Å². The molecule has 0 aliphatic carbocycles. The van der Waals surface area contributed by atoms with E-state index in [1.165, 1.54) is 7.11 Å². The number of methoxy groups -OCH3 is 1. The van der Waals surface area contributed by atoms with Gasteiger partial charge in [0.05, 0.1) is 36.7 Å². The molecule has 2 aromatic heterocycles. The van der Waals surface area contributed by atoms with Gasteiger partial charge in [-0.1, -0.05) is 0 Å². The Morgan fingerprint density at radius 3 is 2.57 bits per heavy atom. The van der Waals surface area contributed by atoms with Crippen LogP contribution in [-0.4, -0.2) is 29.9 Å². The predicted octanol–water partition coefficient (Wildman–Crippen LogP) is 2.93. The van der Waals surface area contributed by atoms with Crippen molar-refractivity contribution in [2.75, 3.05) is 7.11 Å². The number of aryl methyl sites for hydroxylation is 1. The van der Waals surface area contributed by atoms with Crippen molar-refractivity contribution in [1.82, 2.24) is 10.3 Å². The molecule has 6 nitrogen and oxygen atoms in total. The van der Waals surface area contributed by atoms with Crippen LogP contribution >= 0.6 is 0 Å². The average Bonchev–Trinajstić information content (AvgIpc) is 3.14. The van der Waals surface area contributed by atoms with Crippen molar-refractivity contribution in [3.8, 4) is 0 Å². The Morgan fingerprint density at radius 2 is 2.00 bits per heavy atom. The summed E-state index contributed by atoms with van der Waals surface area (Å²) in [4.78, 5) is 27.5. The number of H-pyrrole nitrogens is 1. The van der Waals surface area contributed by atoms with Crippen molar-refractivity contribution in [3.63, 3.8) is 0 Å². The highest BCUT2D eigenvalue weighted by Crippen LogP contribution is 2.21. The molecule has 23 heavy (non-hydrogen) atoms. The molecule has 0 unspecified atom stereocenters. The summed E-state index contributed by atoms with van der Waals surface area (Å²) in [7, 11) is 1.32. The molecule has 0 bridgehead atoms. The van der Waals surface area contributed by atoms with E-state index in [1.54, 1.807) is 33.1 Å². The Kier molecular flexibility index (Phi) is 5.05. The van der Waals surface area contributed by atoms with Gasteiger partial charge in [0.25, 0.3) is 0 Å². The molecule has 0 aliphatic heterocycles. The smallest absolute Gasteiger partial charge is 0.339 e. The number of furan rings is 1. The van der Waals surface area contributed by atoms with Crippen molar-refractivity contribution < 1.29 is 18.7 Å². The zero-order chi connectivity index (χ0) is 17.1. The molecule has 0 saturated heterocycles. The minimum absolute atomic E-state index is 0.0969. The van der Waals surface area contributed by atoms with E-state index in [4.69, 9.17) is 9.15 Å². The topological polar surface area (TPSA) is 84.3 Å². The molecular formula is C17H22N2O4. The number of esters is 1. The van der Waals surface area contributed by atoms with Gasteiger partial charge in [0.15, 0.2) is 5.78 Å². The van der Waals surface area contributed by atoms with Crippen molar-refractivity contribution >= 4 is 11.8 Å². The largest absolute Gasteiger partial charge is 0.468 e. The monoisotopic (exact) mass is 318 g/mol. The highest BCUT2D eigenvalue weighted by molar-refractivity contribution is 6.03. The number of Topliss-reactive ketones (excluding diaryl/α,β-unsaturated/α-hetero) is 1. The molecule has 0 spiro atoms. The van der Waals surface area contributed by atoms with Crippen molar-refractivity contribution in [1.29, 1.82) is 0 Å². The summed E-state index contributed by atoms with van der Waals surface area (Å²) < 4.78 is 10.1. The summed E-state index contributed by atoms with van der Waals surface area (Å²) in [6, 6.07) is 3.13. The number of nitrogens with one attached hydrogen (secondary N) is 2. The molecule has 2 rings (SSSR count). The predicted molar refractivity (Wildman–Crippen MR) is 85.7 cm³/mol. The van der Waals surface area contributed by atoms with Crippen LogP contribution in [0.15, 0.2) is 22.8 Å². The lowest BCUT2D eigenvalue weighted by Gasteiger charge is -2.17. The Labute approximate surface area is 135 Å². The fourth-order valence-corrected chi connectivity index (χ4v) is 2.69. The number of aromatic nitrogens is 1. The molecule has 0 aromatic carbocycles. The summed E-state index contributed by atoms with van der Waals surface area (Å²) in [5, 5.41) is 3.20. The summed E-state index contributed by atoms with van der Waals surface area (Å²) >= 11 is 0. The van der Waals surface area contributed by atoms with E-state index in [9.17, 15) is 9.59 Å². The maximum atomic E-state index is 12.7. The van der Waals surface area contributed by atoms with E-state index in [2.05, 4.69) is 10.3 Å². The van der Waals surface area contributed by atoms with E-state index >= 15 is 0 Å². The van der Waals surface area contributed by atoms with Crippen molar-refractivity contribution in [3.05, 3.63) is 46.7 Å². The van der Waals surface area contributed by atoms with Crippen LogP contribution in [-0.2, 0) is 4.74 Å². The number of ketones is 1. The van der Waals surface area contributed by atoms with Gasteiger partial charge in [0.2, 0.25) is 0 Å². The third-order valence-corrected chi connectivity index (χ3v) is 3.94. The highest BCUT2D eigenvalue weighted by atomic mass is 16.5. The first-order valence-corrected chi connectivity index (χ1v) is 7.48. The molecule has 2 N–H and O–H groups in total. The normalized spacial score (nSPS) is 13.6. The molecule has 0 aliphatic rings. The van der Waals surface area contributed by atoms with E-state index in [1.807, 2.05) is 13.0 Å². The number of hydrogen-bond donors (Lipinski definition) is 2. The van der Waals surface area contributed by atoms with E-state index in [-0.39, 0.29) is 11.8 Å². The van der Waals surface area contributed by atoms with Gasteiger partial charge in [-0.05, 0) is 45.4 Å².